The standard InChI is InChI=1S/C22H28N4OS.2ClH/c27-21(19-12-16-8-4-5-9-17(16)23-19)25-22-24-18-10-11-26(14-20(18)28-22)13-15-6-2-1-3-7-15;;/h1-3,6-7,16-17,19,23H,4-5,8-14H2,(H,24,25,27);2*1H. The molecule has 30 heavy (non-hydrogen) atoms. The topological polar surface area (TPSA) is 57.3 Å². The van der Waals surface area contributed by atoms with Crippen LogP contribution in [0.3, 0.4) is 0 Å². The summed E-state index contributed by atoms with van der Waals surface area (Å²) in [6, 6.07) is 11.1. The normalized spacial score (nSPS) is 25.4. The van der Waals surface area contributed by atoms with E-state index in [1.54, 1.807) is 11.3 Å². The summed E-state index contributed by atoms with van der Waals surface area (Å²) in [5.41, 5.74) is 2.51. The molecule has 1 aromatic carbocycles. The van der Waals surface area contributed by atoms with Crippen molar-refractivity contribution in [2.24, 2.45) is 5.92 Å². The maximum Gasteiger partial charge on any atom is 0.243 e. The number of nitrogens with one attached hydrogen (secondary N) is 2. The number of halogens is 2. The van der Waals surface area contributed by atoms with Gasteiger partial charge in [0.2, 0.25) is 5.91 Å². The molecule has 2 aromatic rings. The monoisotopic (exact) mass is 468 g/mol. The predicted octanol–water partition coefficient (Wildman–Crippen LogP) is 4.40. The molecule has 3 atom stereocenters. The lowest BCUT2D eigenvalue weighted by Crippen LogP contribution is -2.39. The van der Waals surface area contributed by atoms with E-state index >= 15 is 0 Å². The number of carbonyl (C=O) groups excluding carboxylic acids is 1. The molecular weight excluding hydrogens is 439 g/mol. The fourth-order valence-electron chi connectivity index (χ4n) is 4.99. The lowest BCUT2D eigenvalue weighted by atomic mass is 9.85. The van der Waals surface area contributed by atoms with E-state index in [-0.39, 0.29) is 36.8 Å². The van der Waals surface area contributed by atoms with Crippen LogP contribution in [-0.2, 0) is 24.3 Å². The molecule has 5 rings (SSSR count). The Morgan fingerprint density at radius 1 is 1.20 bits per heavy atom. The Balaban J connectivity index is 0.00000128. The van der Waals surface area contributed by atoms with Crippen LogP contribution >= 0.6 is 36.2 Å². The van der Waals surface area contributed by atoms with Crippen molar-refractivity contribution in [3.63, 3.8) is 0 Å². The van der Waals surface area contributed by atoms with Gasteiger partial charge >= 0.3 is 0 Å². The van der Waals surface area contributed by atoms with E-state index < -0.39 is 0 Å². The Bertz CT molecular complexity index is 833. The van der Waals surface area contributed by atoms with Crippen LogP contribution in [0.1, 0.15) is 48.2 Å². The zero-order valence-electron chi connectivity index (χ0n) is 17.0. The molecule has 0 radical (unpaired) electrons. The Morgan fingerprint density at radius 3 is 2.80 bits per heavy atom. The number of benzene rings is 1. The molecular formula is C22H30Cl2N4OS. The van der Waals surface area contributed by atoms with Gasteiger partial charge in [0.25, 0.3) is 0 Å². The van der Waals surface area contributed by atoms with E-state index in [1.807, 2.05) is 0 Å². The first-order chi connectivity index (χ1) is 13.7. The summed E-state index contributed by atoms with van der Waals surface area (Å²) in [5, 5.41) is 7.44. The number of rotatable bonds is 4. The van der Waals surface area contributed by atoms with Crippen LogP contribution in [0.4, 0.5) is 5.13 Å². The maximum atomic E-state index is 12.8. The van der Waals surface area contributed by atoms with Gasteiger partial charge in [-0.2, -0.15) is 0 Å². The highest BCUT2D eigenvalue weighted by molar-refractivity contribution is 7.15. The second-order valence-corrected chi connectivity index (χ2v) is 9.51. The van der Waals surface area contributed by atoms with Crippen LogP contribution in [0.15, 0.2) is 30.3 Å². The molecule has 8 heteroatoms. The number of nitrogens with zero attached hydrogens (tertiary/aromatic N) is 2. The third-order valence-corrected chi connectivity index (χ3v) is 7.47. The number of amides is 1. The zero-order valence-corrected chi connectivity index (χ0v) is 19.5. The molecule has 3 unspecified atom stereocenters. The summed E-state index contributed by atoms with van der Waals surface area (Å²) in [5.74, 6) is 0.780. The smallest absolute Gasteiger partial charge is 0.243 e. The second kappa shape index (κ2) is 10.4. The molecule has 3 heterocycles. The first-order valence-electron chi connectivity index (χ1n) is 10.6. The van der Waals surface area contributed by atoms with Crippen molar-refractivity contribution in [3.05, 3.63) is 46.5 Å². The van der Waals surface area contributed by atoms with Crippen LogP contribution in [-0.4, -0.2) is 34.4 Å². The molecule has 1 saturated heterocycles. The van der Waals surface area contributed by atoms with Crippen molar-refractivity contribution in [2.75, 3.05) is 11.9 Å². The highest BCUT2D eigenvalue weighted by Gasteiger charge is 2.38. The molecule has 1 aliphatic carbocycles. The number of hydrogen-bond acceptors (Lipinski definition) is 5. The predicted molar refractivity (Wildman–Crippen MR) is 127 cm³/mol. The highest BCUT2D eigenvalue weighted by atomic mass is 35.5. The van der Waals surface area contributed by atoms with Crippen molar-refractivity contribution in [2.45, 2.75) is 63.7 Å². The van der Waals surface area contributed by atoms with Gasteiger partial charge in [0, 0.05) is 37.0 Å². The Hall–Kier alpha value is -1.18. The summed E-state index contributed by atoms with van der Waals surface area (Å²) >= 11 is 1.65. The fraction of sp³-hybridized carbons (Fsp3) is 0.545. The lowest BCUT2D eigenvalue weighted by Gasteiger charge is -2.25. The van der Waals surface area contributed by atoms with Crippen molar-refractivity contribution >= 4 is 47.2 Å². The Morgan fingerprint density at radius 2 is 2.00 bits per heavy atom. The second-order valence-electron chi connectivity index (χ2n) is 8.43. The fourth-order valence-corrected chi connectivity index (χ4v) is 6.05. The molecule has 2 aliphatic heterocycles. The van der Waals surface area contributed by atoms with Gasteiger partial charge in [-0.3, -0.25) is 9.69 Å². The molecule has 2 fully saturated rings. The van der Waals surface area contributed by atoms with Crippen molar-refractivity contribution in [3.8, 4) is 0 Å². The molecule has 1 aromatic heterocycles. The van der Waals surface area contributed by atoms with Crippen molar-refractivity contribution in [1.82, 2.24) is 15.2 Å². The first-order valence-corrected chi connectivity index (χ1v) is 11.4. The van der Waals surface area contributed by atoms with E-state index in [9.17, 15) is 4.79 Å². The summed E-state index contributed by atoms with van der Waals surface area (Å²) in [7, 11) is 0. The van der Waals surface area contributed by atoms with Gasteiger partial charge in [-0.05, 0) is 30.7 Å². The maximum absolute atomic E-state index is 12.8. The Kier molecular flexibility index (Phi) is 8.16. The van der Waals surface area contributed by atoms with Gasteiger partial charge in [-0.25, -0.2) is 4.98 Å². The first kappa shape index (κ1) is 23.5. The Labute approximate surface area is 194 Å². The van der Waals surface area contributed by atoms with Gasteiger partial charge in [-0.15, -0.1) is 36.2 Å². The van der Waals surface area contributed by atoms with Gasteiger partial charge in [0.1, 0.15) is 0 Å². The SMILES string of the molecule is Cl.Cl.O=C(Nc1nc2c(s1)CN(Cc1ccccc1)CC2)C1CC2CCCCC2N1. The summed E-state index contributed by atoms with van der Waals surface area (Å²) in [6.07, 6.45) is 7.03. The summed E-state index contributed by atoms with van der Waals surface area (Å²) < 4.78 is 0. The van der Waals surface area contributed by atoms with Gasteiger partial charge < -0.3 is 10.6 Å². The average molecular weight is 469 g/mol. The van der Waals surface area contributed by atoms with Crippen LogP contribution < -0.4 is 10.6 Å². The molecule has 5 nitrogen and oxygen atoms in total. The highest BCUT2D eigenvalue weighted by Crippen LogP contribution is 2.34. The average Bonchev–Trinajstić information content (AvgIpc) is 3.32. The number of fused-ring (bicyclic) bond motifs is 2. The van der Waals surface area contributed by atoms with Crippen LogP contribution in [0, 0.1) is 5.92 Å². The van der Waals surface area contributed by atoms with Crippen molar-refractivity contribution in [1.29, 1.82) is 0 Å². The molecule has 0 spiro atoms. The minimum Gasteiger partial charge on any atom is -0.303 e. The quantitative estimate of drug-likeness (QED) is 0.697. The van der Waals surface area contributed by atoms with Crippen LogP contribution in [0.2, 0.25) is 0 Å². The van der Waals surface area contributed by atoms with E-state index in [0.717, 1.165) is 43.3 Å². The van der Waals surface area contributed by atoms with Gasteiger partial charge in [-0.1, -0.05) is 43.2 Å². The molecule has 0 bridgehead atoms. The molecule has 2 N–H and O–H groups in total. The molecule has 164 valence electrons. The zero-order chi connectivity index (χ0) is 18.9. The molecule has 1 amide bonds. The van der Waals surface area contributed by atoms with Crippen molar-refractivity contribution < 1.29 is 4.79 Å². The summed E-state index contributed by atoms with van der Waals surface area (Å²) in [4.78, 5) is 21.2. The van der Waals surface area contributed by atoms with Crippen LogP contribution in [0.25, 0.3) is 0 Å². The van der Waals surface area contributed by atoms with E-state index in [0.29, 0.717) is 12.0 Å². The van der Waals surface area contributed by atoms with Crippen LogP contribution in [0.5, 0.6) is 0 Å². The minimum atomic E-state index is -0.0522. The van der Waals surface area contributed by atoms with E-state index in [2.05, 4.69) is 45.9 Å². The lowest BCUT2D eigenvalue weighted by molar-refractivity contribution is -0.117. The third-order valence-electron chi connectivity index (χ3n) is 6.47. The molecule has 1 saturated carbocycles. The van der Waals surface area contributed by atoms with E-state index in [4.69, 9.17) is 4.98 Å². The number of thiazole rings is 1. The number of hydrogen-bond donors (Lipinski definition) is 2. The minimum absolute atomic E-state index is 0. The largest absolute Gasteiger partial charge is 0.303 e. The van der Waals surface area contributed by atoms with Gasteiger partial charge in [0.15, 0.2) is 5.13 Å². The van der Waals surface area contributed by atoms with E-state index in [1.165, 1.54) is 36.1 Å². The number of carbonyl (C=O) groups is 1. The number of aromatic nitrogens is 1. The third kappa shape index (κ3) is 5.17. The summed E-state index contributed by atoms with van der Waals surface area (Å²) in [6.45, 7) is 2.91. The number of anilines is 1. The van der Waals surface area contributed by atoms with Gasteiger partial charge in [0.05, 0.1) is 11.7 Å². The molecule has 3 aliphatic rings.